The molecule has 0 spiro atoms. The Morgan fingerprint density at radius 2 is 2.18 bits per heavy atom. The Morgan fingerprint density at radius 1 is 1.64 bits per heavy atom. The maximum absolute atomic E-state index is 8.49. The van der Waals surface area contributed by atoms with E-state index in [1.54, 1.807) is 6.92 Å². The number of hydrogen-bond acceptors (Lipinski definition) is 3. The molecular weight excluding hydrogens is 140 g/mol. The SMILES string of the molecule is CC(=NO)C(C)CC(C)C#N. The molecule has 0 saturated heterocycles. The van der Waals surface area contributed by atoms with Crippen LogP contribution < -0.4 is 0 Å². The lowest BCUT2D eigenvalue weighted by atomic mass is 9.95. The quantitative estimate of drug-likeness (QED) is 0.384. The zero-order chi connectivity index (χ0) is 8.85. The van der Waals surface area contributed by atoms with E-state index in [-0.39, 0.29) is 11.8 Å². The van der Waals surface area contributed by atoms with Crippen LogP contribution in [0.15, 0.2) is 5.16 Å². The fourth-order valence-corrected chi connectivity index (χ4v) is 0.852. The van der Waals surface area contributed by atoms with Crippen molar-refractivity contribution in [3.63, 3.8) is 0 Å². The summed E-state index contributed by atoms with van der Waals surface area (Å²) < 4.78 is 0. The predicted octanol–water partition coefficient (Wildman–Crippen LogP) is 2.02. The van der Waals surface area contributed by atoms with Crippen molar-refractivity contribution in [1.82, 2.24) is 0 Å². The highest BCUT2D eigenvalue weighted by Gasteiger charge is 2.10. The fourth-order valence-electron chi connectivity index (χ4n) is 0.852. The van der Waals surface area contributed by atoms with E-state index in [1.165, 1.54) is 0 Å². The van der Waals surface area contributed by atoms with Crippen molar-refractivity contribution < 1.29 is 5.21 Å². The van der Waals surface area contributed by atoms with Crippen molar-refractivity contribution in [3.8, 4) is 6.07 Å². The summed E-state index contributed by atoms with van der Waals surface area (Å²) in [4.78, 5) is 0. The van der Waals surface area contributed by atoms with E-state index in [4.69, 9.17) is 10.5 Å². The van der Waals surface area contributed by atoms with Crippen LogP contribution in [0.3, 0.4) is 0 Å². The molecule has 0 aliphatic carbocycles. The lowest BCUT2D eigenvalue weighted by Crippen LogP contribution is -2.10. The van der Waals surface area contributed by atoms with Crippen molar-refractivity contribution in [2.24, 2.45) is 17.0 Å². The first-order chi connectivity index (χ1) is 5.11. The van der Waals surface area contributed by atoms with Crippen molar-refractivity contribution in [2.75, 3.05) is 0 Å². The third kappa shape index (κ3) is 3.61. The van der Waals surface area contributed by atoms with Gasteiger partial charge in [-0.25, -0.2) is 0 Å². The molecule has 0 aromatic heterocycles. The van der Waals surface area contributed by atoms with Gasteiger partial charge in [0.15, 0.2) is 0 Å². The molecule has 11 heavy (non-hydrogen) atoms. The van der Waals surface area contributed by atoms with Gasteiger partial charge in [-0.15, -0.1) is 0 Å². The Hall–Kier alpha value is -1.04. The van der Waals surface area contributed by atoms with Crippen LogP contribution in [0.4, 0.5) is 0 Å². The van der Waals surface area contributed by atoms with Crippen molar-refractivity contribution in [1.29, 1.82) is 5.26 Å². The fraction of sp³-hybridized carbons (Fsp3) is 0.750. The highest BCUT2D eigenvalue weighted by molar-refractivity contribution is 5.83. The molecule has 0 bridgehead atoms. The molecule has 0 aromatic rings. The summed E-state index contributed by atoms with van der Waals surface area (Å²) in [5, 5.41) is 20.0. The van der Waals surface area contributed by atoms with Crippen LogP contribution in [0.1, 0.15) is 27.2 Å². The van der Waals surface area contributed by atoms with E-state index in [9.17, 15) is 0 Å². The Balaban J connectivity index is 3.89. The van der Waals surface area contributed by atoms with E-state index < -0.39 is 0 Å². The van der Waals surface area contributed by atoms with Gasteiger partial charge in [-0.2, -0.15) is 5.26 Å². The van der Waals surface area contributed by atoms with Crippen molar-refractivity contribution in [3.05, 3.63) is 0 Å². The molecule has 0 radical (unpaired) electrons. The Kier molecular flexibility index (Phi) is 4.28. The Bertz CT molecular complexity index is 181. The number of rotatable bonds is 3. The average molecular weight is 154 g/mol. The van der Waals surface area contributed by atoms with Crippen LogP contribution in [0.2, 0.25) is 0 Å². The topological polar surface area (TPSA) is 56.4 Å². The summed E-state index contributed by atoms with van der Waals surface area (Å²) >= 11 is 0. The third-order valence-electron chi connectivity index (χ3n) is 1.80. The van der Waals surface area contributed by atoms with Crippen LogP contribution in [0.25, 0.3) is 0 Å². The molecule has 0 rings (SSSR count). The van der Waals surface area contributed by atoms with Gasteiger partial charge < -0.3 is 5.21 Å². The van der Waals surface area contributed by atoms with E-state index >= 15 is 0 Å². The largest absolute Gasteiger partial charge is 0.411 e. The van der Waals surface area contributed by atoms with E-state index in [0.29, 0.717) is 5.71 Å². The van der Waals surface area contributed by atoms with E-state index in [0.717, 1.165) is 6.42 Å². The summed E-state index contributed by atoms with van der Waals surface area (Å²) in [5.74, 6) is 0.219. The number of nitriles is 1. The third-order valence-corrected chi connectivity index (χ3v) is 1.80. The zero-order valence-electron chi connectivity index (χ0n) is 7.20. The Morgan fingerprint density at radius 3 is 2.55 bits per heavy atom. The first-order valence-corrected chi connectivity index (χ1v) is 3.70. The smallest absolute Gasteiger partial charge is 0.0653 e. The normalized spacial score (nSPS) is 17.1. The maximum atomic E-state index is 8.49. The molecule has 62 valence electrons. The first kappa shape index (κ1) is 9.96. The minimum Gasteiger partial charge on any atom is -0.411 e. The van der Waals surface area contributed by atoms with Gasteiger partial charge in [-0.1, -0.05) is 12.1 Å². The van der Waals surface area contributed by atoms with Crippen molar-refractivity contribution in [2.45, 2.75) is 27.2 Å². The average Bonchev–Trinajstić information content (AvgIpc) is 2.02. The second kappa shape index (κ2) is 4.73. The monoisotopic (exact) mass is 154 g/mol. The molecular formula is C8H14N2O. The molecule has 2 atom stereocenters. The minimum absolute atomic E-state index is 0.0294. The molecule has 0 aromatic carbocycles. The summed E-state index contributed by atoms with van der Waals surface area (Å²) in [6, 6.07) is 2.14. The van der Waals surface area contributed by atoms with Crippen LogP contribution in [-0.4, -0.2) is 10.9 Å². The molecule has 0 aliphatic rings. The van der Waals surface area contributed by atoms with Gasteiger partial charge in [0, 0.05) is 5.92 Å². The molecule has 0 saturated carbocycles. The highest BCUT2D eigenvalue weighted by atomic mass is 16.4. The standard InChI is InChI=1S/C8H14N2O/c1-6(5-9)4-7(2)8(3)10-11/h6-7,11H,4H2,1-3H3. The zero-order valence-corrected chi connectivity index (χ0v) is 7.20. The van der Waals surface area contributed by atoms with Gasteiger partial charge >= 0.3 is 0 Å². The van der Waals surface area contributed by atoms with Crippen LogP contribution in [-0.2, 0) is 0 Å². The van der Waals surface area contributed by atoms with Gasteiger partial charge in [0.25, 0.3) is 0 Å². The van der Waals surface area contributed by atoms with E-state index in [1.807, 2.05) is 13.8 Å². The number of nitrogens with zero attached hydrogens (tertiary/aromatic N) is 2. The van der Waals surface area contributed by atoms with Crippen LogP contribution in [0.5, 0.6) is 0 Å². The van der Waals surface area contributed by atoms with Crippen LogP contribution in [0, 0.1) is 23.2 Å². The summed E-state index contributed by atoms with van der Waals surface area (Å²) in [6.07, 6.45) is 0.756. The highest BCUT2D eigenvalue weighted by Crippen LogP contribution is 2.12. The molecule has 0 heterocycles. The second-order valence-corrected chi connectivity index (χ2v) is 2.91. The Labute approximate surface area is 67.3 Å². The molecule has 1 N–H and O–H groups in total. The molecule has 0 aliphatic heterocycles. The second-order valence-electron chi connectivity index (χ2n) is 2.91. The lowest BCUT2D eigenvalue weighted by molar-refractivity contribution is 0.314. The van der Waals surface area contributed by atoms with Crippen LogP contribution >= 0.6 is 0 Å². The van der Waals surface area contributed by atoms with Gasteiger partial charge in [-0.3, -0.25) is 0 Å². The van der Waals surface area contributed by atoms with Gasteiger partial charge in [-0.05, 0) is 26.2 Å². The molecule has 0 fully saturated rings. The van der Waals surface area contributed by atoms with Gasteiger partial charge in [0.2, 0.25) is 0 Å². The van der Waals surface area contributed by atoms with Crippen molar-refractivity contribution >= 4 is 5.71 Å². The summed E-state index contributed by atoms with van der Waals surface area (Å²) in [5.41, 5.74) is 0.687. The van der Waals surface area contributed by atoms with E-state index in [2.05, 4.69) is 11.2 Å². The molecule has 0 amide bonds. The summed E-state index contributed by atoms with van der Waals surface area (Å²) in [7, 11) is 0. The summed E-state index contributed by atoms with van der Waals surface area (Å²) in [6.45, 7) is 5.57. The number of hydrogen-bond donors (Lipinski definition) is 1. The molecule has 3 heteroatoms. The number of oxime groups is 1. The van der Waals surface area contributed by atoms with Gasteiger partial charge in [0.1, 0.15) is 0 Å². The predicted molar refractivity (Wildman–Crippen MR) is 43.5 cm³/mol. The van der Waals surface area contributed by atoms with Gasteiger partial charge in [0.05, 0.1) is 11.8 Å². The molecule has 3 nitrogen and oxygen atoms in total. The molecule has 2 unspecified atom stereocenters. The maximum Gasteiger partial charge on any atom is 0.0653 e. The lowest BCUT2D eigenvalue weighted by Gasteiger charge is -2.09. The first-order valence-electron chi connectivity index (χ1n) is 3.70. The minimum atomic E-state index is 0.0294.